The van der Waals surface area contributed by atoms with Crippen molar-refractivity contribution < 1.29 is 55.2 Å². The monoisotopic (exact) mass is 1120 g/mol. The quantitative estimate of drug-likeness (QED) is 0.0729. The molecule has 2 aromatic heterocycles. The molecular formula is C52H48Cl4N4O12S2. The Morgan fingerprint density at radius 1 is 0.554 bits per heavy atom. The number of aliphatic carboxylic acids is 1. The highest BCUT2D eigenvalue weighted by Gasteiger charge is 2.26. The molecule has 6 aromatic carbocycles. The van der Waals surface area contributed by atoms with Crippen LogP contribution < -0.4 is 28.4 Å². The van der Waals surface area contributed by atoms with Crippen LogP contribution in [0.2, 0.25) is 20.1 Å². The number of halogens is 4. The number of hydrogen-bond donors (Lipinski definition) is 3. The van der Waals surface area contributed by atoms with Crippen LogP contribution in [-0.2, 0) is 61.3 Å². The molecule has 0 aliphatic carbocycles. The average Bonchev–Trinajstić information content (AvgIpc) is 3.79. The molecule has 2 heterocycles. The molecule has 0 amide bonds. The Bertz CT molecular complexity index is 3710. The summed E-state index contributed by atoms with van der Waals surface area (Å²) in [5.74, 6) is 0.400. The maximum Gasteiger partial charge on any atom is 0.310 e. The molecule has 8 rings (SSSR count). The smallest absolute Gasteiger partial charge is 0.310 e. The Morgan fingerprint density at radius 2 is 0.959 bits per heavy atom. The minimum Gasteiger partial charge on any atom is -0.493 e. The first-order chi connectivity index (χ1) is 35.0. The molecule has 0 saturated heterocycles. The number of ether oxygens (including phenoxy) is 5. The Morgan fingerprint density at radius 3 is 1.34 bits per heavy atom. The van der Waals surface area contributed by atoms with E-state index < -0.39 is 26.0 Å². The number of carbonyl (C=O) groups excluding carboxylic acids is 1. The Hall–Kier alpha value is -6.80. The summed E-state index contributed by atoms with van der Waals surface area (Å²) in [5.41, 5.74) is 5.05. The van der Waals surface area contributed by atoms with Crippen LogP contribution in [0.1, 0.15) is 29.4 Å². The lowest BCUT2D eigenvalue weighted by Crippen LogP contribution is -2.14. The molecule has 22 heteroatoms. The number of aryl methyl sites for hydroxylation is 4. The maximum absolute atomic E-state index is 13.4. The van der Waals surface area contributed by atoms with Gasteiger partial charge >= 0.3 is 11.9 Å². The van der Waals surface area contributed by atoms with Crippen molar-refractivity contribution in [3.8, 4) is 34.5 Å². The van der Waals surface area contributed by atoms with E-state index in [1.165, 1.54) is 50.6 Å². The summed E-state index contributed by atoms with van der Waals surface area (Å²) in [5, 5.41) is 10.9. The topological polar surface area (TPSA) is 203 Å². The summed E-state index contributed by atoms with van der Waals surface area (Å²) in [6.45, 7) is 5.85. The largest absolute Gasteiger partial charge is 0.493 e. The van der Waals surface area contributed by atoms with Crippen molar-refractivity contribution in [3.05, 3.63) is 152 Å². The number of carboxylic acids is 1. The number of hydrogen-bond acceptors (Lipinski definition) is 11. The van der Waals surface area contributed by atoms with Crippen molar-refractivity contribution in [1.82, 2.24) is 9.13 Å². The van der Waals surface area contributed by atoms with Crippen LogP contribution in [0.4, 0.5) is 11.4 Å². The number of sulfonamides is 2. The normalized spacial score (nSPS) is 11.4. The third-order valence-electron chi connectivity index (χ3n) is 11.6. The lowest BCUT2D eigenvalue weighted by molar-refractivity contribution is -0.142. The summed E-state index contributed by atoms with van der Waals surface area (Å²) in [6.07, 6.45) is -0.106. The highest BCUT2D eigenvalue weighted by atomic mass is 35.5. The first-order valence-corrected chi connectivity index (χ1v) is 26.7. The standard InChI is InChI=1S/C27H26Cl2N2O6S.C25H22Cl2N2O6S/c1-5-36-26(32)14-17-6-9-22(24(13-17)35-4)37-23-10-8-21-19(12-16(2)31(21)3)27(23)30-38(33,34)25-11-7-18(28)15-20(25)29;1-14-10-17-19(29(14)2)6-8-21(35-20-7-4-15(12-24(30)31)11-22(20)34-3)25(17)28-36(32,33)23-9-5-16(26)13-18(23)27/h6-13,15,30H,5,14H2,1-4H3;4-11,13,28H,12H2,1-3H3,(H,30,31). The number of rotatable bonds is 17. The molecule has 3 N–H and O–H groups in total. The van der Waals surface area contributed by atoms with E-state index in [2.05, 4.69) is 9.44 Å². The van der Waals surface area contributed by atoms with Crippen molar-refractivity contribution in [2.24, 2.45) is 14.1 Å². The lowest BCUT2D eigenvalue weighted by Gasteiger charge is -2.17. The maximum atomic E-state index is 13.4. The molecular weight excluding hydrogens is 1080 g/mol. The molecule has 388 valence electrons. The van der Waals surface area contributed by atoms with Gasteiger partial charge in [0.2, 0.25) is 0 Å². The molecule has 16 nitrogen and oxygen atoms in total. The summed E-state index contributed by atoms with van der Waals surface area (Å²) >= 11 is 24.3. The molecule has 0 saturated carbocycles. The second-order valence-corrected chi connectivity index (χ2v) is 21.5. The number of nitrogens with zero attached hydrogens (tertiary/aromatic N) is 2. The molecule has 0 radical (unpaired) electrons. The molecule has 74 heavy (non-hydrogen) atoms. The minimum absolute atomic E-state index is 0.0113. The van der Waals surface area contributed by atoms with Gasteiger partial charge in [-0.2, -0.15) is 0 Å². The number of esters is 1. The Kier molecular flexibility index (Phi) is 16.9. The third-order valence-corrected chi connectivity index (χ3v) is 15.7. The van der Waals surface area contributed by atoms with Crippen LogP contribution in [0.25, 0.3) is 21.8 Å². The highest BCUT2D eigenvalue weighted by molar-refractivity contribution is 7.93. The zero-order chi connectivity index (χ0) is 53.8. The fraction of sp³-hybridized carbons (Fsp3) is 0.192. The van der Waals surface area contributed by atoms with Crippen LogP contribution in [0, 0.1) is 13.8 Å². The molecule has 0 aliphatic rings. The SMILES string of the molecule is CCOC(=O)Cc1ccc(Oc2ccc3c(cc(C)n3C)c2NS(=O)(=O)c2ccc(Cl)cc2Cl)c(OC)c1.COc1cc(CC(=O)O)ccc1Oc1ccc2c(cc(C)n2C)c1NS(=O)(=O)c1ccc(Cl)cc1Cl. The predicted molar refractivity (Wildman–Crippen MR) is 288 cm³/mol. The number of fused-ring (bicyclic) bond motifs is 2. The van der Waals surface area contributed by atoms with Gasteiger partial charge in [0.1, 0.15) is 21.2 Å². The molecule has 0 unspecified atom stereocenters. The molecule has 8 aromatic rings. The van der Waals surface area contributed by atoms with Crippen molar-refractivity contribution in [2.75, 3.05) is 30.3 Å². The van der Waals surface area contributed by atoms with Crippen LogP contribution in [0.5, 0.6) is 34.5 Å². The number of methoxy groups -OCH3 is 2. The van der Waals surface area contributed by atoms with Gasteiger partial charge in [-0.1, -0.05) is 58.5 Å². The second-order valence-electron chi connectivity index (χ2n) is 16.5. The first kappa shape index (κ1) is 55.0. The van der Waals surface area contributed by atoms with E-state index in [-0.39, 0.29) is 67.3 Å². The van der Waals surface area contributed by atoms with E-state index in [0.29, 0.717) is 55.8 Å². The van der Waals surface area contributed by atoms with E-state index >= 15 is 0 Å². The molecule has 0 aliphatic heterocycles. The Labute approximate surface area is 447 Å². The van der Waals surface area contributed by atoms with Gasteiger partial charge in [0.05, 0.1) is 54.7 Å². The van der Waals surface area contributed by atoms with E-state index in [1.54, 1.807) is 55.5 Å². The minimum atomic E-state index is -4.13. The van der Waals surface area contributed by atoms with Crippen molar-refractivity contribution in [2.45, 2.75) is 43.4 Å². The van der Waals surface area contributed by atoms with Crippen molar-refractivity contribution in [3.63, 3.8) is 0 Å². The number of nitrogens with one attached hydrogen (secondary N) is 2. The van der Waals surface area contributed by atoms with E-state index in [4.69, 9.17) is 75.2 Å². The molecule has 0 atom stereocenters. The van der Waals surface area contributed by atoms with Gasteiger partial charge in [-0.15, -0.1) is 0 Å². The van der Waals surface area contributed by atoms with Crippen LogP contribution in [-0.4, -0.2) is 63.8 Å². The zero-order valence-electron chi connectivity index (χ0n) is 40.7. The number of carboxylic acid groups (broad SMARTS) is 1. The van der Waals surface area contributed by atoms with E-state index in [0.717, 1.165) is 22.4 Å². The zero-order valence-corrected chi connectivity index (χ0v) is 45.3. The summed E-state index contributed by atoms with van der Waals surface area (Å²) in [6, 6.07) is 28.8. The van der Waals surface area contributed by atoms with Crippen LogP contribution >= 0.6 is 46.4 Å². The molecule has 0 bridgehead atoms. The highest BCUT2D eigenvalue weighted by Crippen LogP contribution is 2.44. The van der Waals surface area contributed by atoms with E-state index in [1.807, 2.05) is 61.3 Å². The third kappa shape index (κ3) is 12.2. The van der Waals surface area contributed by atoms with Gasteiger partial charge < -0.3 is 37.9 Å². The first-order valence-electron chi connectivity index (χ1n) is 22.2. The number of carbonyl (C=O) groups is 2. The van der Waals surface area contributed by atoms with Gasteiger partial charge in [0, 0.05) is 46.3 Å². The van der Waals surface area contributed by atoms with Crippen molar-refractivity contribution >= 4 is 112 Å². The molecule has 0 spiro atoms. The number of aromatic nitrogens is 2. The van der Waals surface area contributed by atoms with Gasteiger partial charge in [-0.05, 0) is 129 Å². The van der Waals surface area contributed by atoms with Gasteiger partial charge in [0.25, 0.3) is 20.0 Å². The van der Waals surface area contributed by atoms with Gasteiger partial charge in [-0.25, -0.2) is 16.8 Å². The Balaban J connectivity index is 0.000000217. The molecule has 0 fully saturated rings. The lowest BCUT2D eigenvalue weighted by atomic mass is 10.1. The summed E-state index contributed by atoms with van der Waals surface area (Å²) < 4.78 is 91.0. The van der Waals surface area contributed by atoms with Crippen LogP contribution in [0.15, 0.2) is 119 Å². The average molecular weight is 1130 g/mol. The van der Waals surface area contributed by atoms with Gasteiger partial charge in [0.15, 0.2) is 34.5 Å². The fourth-order valence-electron chi connectivity index (χ4n) is 7.79. The fourth-order valence-corrected chi connectivity index (χ4v) is 11.5. The second kappa shape index (κ2) is 22.8. The number of benzene rings is 6. The van der Waals surface area contributed by atoms with E-state index in [9.17, 15) is 26.4 Å². The number of anilines is 2. The van der Waals surface area contributed by atoms with Gasteiger partial charge in [-0.3, -0.25) is 19.0 Å². The summed E-state index contributed by atoms with van der Waals surface area (Å²) in [7, 11) is -1.59. The van der Waals surface area contributed by atoms with Crippen LogP contribution in [0.3, 0.4) is 0 Å². The summed E-state index contributed by atoms with van der Waals surface area (Å²) in [4.78, 5) is 22.7. The van der Waals surface area contributed by atoms with Crippen molar-refractivity contribution in [1.29, 1.82) is 0 Å². The predicted octanol–water partition coefficient (Wildman–Crippen LogP) is 12.5.